The largest absolute Gasteiger partial charge is 0.348 e. The number of nitrogens with one attached hydrogen (secondary N) is 2. The van der Waals surface area contributed by atoms with Crippen LogP contribution < -0.4 is 10.6 Å². The third-order valence-electron chi connectivity index (χ3n) is 4.51. The van der Waals surface area contributed by atoms with Crippen LogP contribution in [0.25, 0.3) is 10.2 Å². The number of amides is 2. The number of rotatable bonds is 6. The van der Waals surface area contributed by atoms with Gasteiger partial charge in [-0.15, -0.1) is 11.3 Å². The van der Waals surface area contributed by atoms with Crippen molar-refractivity contribution in [2.75, 3.05) is 11.6 Å². The first-order chi connectivity index (χ1) is 14.6. The van der Waals surface area contributed by atoms with Gasteiger partial charge in [-0.1, -0.05) is 54.2 Å². The summed E-state index contributed by atoms with van der Waals surface area (Å²) in [4.78, 5) is 30.1. The number of hydrogen-bond donors (Lipinski definition) is 2. The average Bonchev–Trinajstić information content (AvgIpc) is 3.20. The number of carbonyl (C=O) groups is 2. The van der Waals surface area contributed by atoms with E-state index in [2.05, 4.69) is 15.6 Å². The van der Waals surface area contributed by atoms with E-state index in [0.29, 0.717) is 23.4 Å². The Morgan fingerprint density at radius 1 is 0.933 bits per heavy atom. The lowest BCUT2D eigenvalue weighted by atomic mass is 10.1. The molecule has 4 rings (SSSR count). The van der Waals surface area contributed by atoms with Crippen LogP contribution in [-0.2, 0) is 6.54 Å². The summed E-state index contributed by atoms with van der Waals surface area (Å²) in [6.45, 7) is 0.398. The molecule has 0 saturated carbocycles. The Hall–Kier alpha value is -3.16. The van der Waals surface area contributed by atoms with Gasteiger partial charge in [0.2, 0.25) is 0 Å². The molecule has 0 aliphatic rings. The van der Waals surface area contributed by atoms with Crippen molar-refractivity contribution in [2.24, 2.45) is 0 Å². The Labute approximate surface area is 182 Å². The molecule has 1 aromatic heterocycles. The first-order valence-electron chi connectivity index (χ1n) is 9.31. The van der Waals surface area contributed by atoms with E-state index in [0.717, 1.165) is 20.1 Å². The molecular weight excluding hydrogens is 414 g/mol. The number of fused-ring (bicyclic) bond motifs is 1. The second-order valence-electron chi connectivity index (χ2n) is 6.53. The summed E-state index contributed by atoms with van der Waals surface area (Å²) < 4.78 is 1.99. The smallest absolute Gasteiger partial charge is 0.256 e. The lowest BCUT2D eigenvalue weighted by Gasteiger charge is -2.11. The highest BCUT2D eigenvalue weighted by molar-refractivity contribution is 8.00. The second kappa shape index (κ2) is 9.11. The summed E-state index contributed by atoms with van der Waals surface area (Å²) in [5.41, 5.74) is 3.24. The zero-order chi connectivity index (χ0) is 20.9. The standard InChI is InChI=1S/C23H19N3O2S2/c1-29-23-26-19-12-11-16(13-20(19)30-23)25-22(28)18-10-6-5-9-17(18)21(27)24-14-15-7-3-2-4-8-15/h2-13H,14H2,1H3,(H,24,27)(H,25,28). The third-order valence-corrected chi connectivity index (χ3v) is 6.52. The molecule has 0 bridgehead atoms. The van der Waals surface area contributed by atoms with Crippen LogP contribution in [-0.4, -0.2) is 23.1 Å². The molecule has 0 fully saturated rings. The Bertz CT molecular complexity index is 1210. The van der Waals surface area contributed by atoms with Crippen LogP contribution in [0.3, 0.4) is 0 Å². The van der Waals surface area contributed by atoms with Crippen LogP contribution >= 0.6 is 23.1 Å². The fraction of sp³-hybridized carbons (Fsp3) is 0.0870. The third kappa shape index (κ3) is 4.53. The van der Waals surface area contributed by atoms with Crippen molar-refractivity contribution in [2.45, 2.75) is 10.9 Å². The van der Waals surface area contributed by atoms with Crippen LogP contribution in [0.5, 0.6) is 0 Å². The molecule has 0 aliphatic carbocycles. The van der Waals surface area contributed by atoms with Gasteiger partial charge in [-0.05, 0) is 42.2 Å². The van der Waals surface area contributed by atoms with E-state index in [4.69, 9.17) is 0 Å². The van der Waals surface area contributed by atoms with Gasteiger partial charge in [-0.3, -0.25) is 9.59 Å². The zero-order valence-electron chi connectivity index (χ0n) is 16.2. The molecule has 0 unspecified atom stereocenters. The van der Waals surface area contributed by atoms with Gasteiger partial charge in [-0.2, -0.15) is 0 Å². The first kappa shape index (κ1) is 20.1. The molecular formula is C23H19N3O2S2. The minimum Gasteiger partial charge on any atom is -0.348 e. The van der Waals surface area contributed by atoms with E-state index in [9.17, 15) is 9.59 Å². The number of anilines is 1. The molecule has 2 N–H and O–H groups in total. The quantitative estimate of drug-likeness (QED) is 0.410. The van der Waals surface area contributed by atoms with Crippen LogP contribution in [0.1, 0.15) is 26.3 Å². The van der Waals surface area contributed by atoms with E-state index >= 15 is 0 Å². The molecule has 3 aromatic carbocycles. The van der Waals surface area contributed by atoms with Crippen LogP contribution in [0.15, 0.2) is 77.1 Å². The summed E-state index contributed by atoms with van der Waals surface area (Å²) >= 11 is 3.18. The predicted molar refractivity (Wildman–Crippen MR) is 123 cm³/mol. The number of benzene rings is 3. The topological polar surface area (TPSA) is 71.1 Å². The van der Waals surface area contributed by atoms with Crippen molar-refractivity contribution in [1.82, 2.24) is 10.3 Å². The fourth-order valence-corrected chi connectivity index (χ4v) is 4.55. The van der Waals surface area contributed by atoms with Gasteiger partial charge >= 0.3 is 0 Å². The Morgan fingerprint density at radius 2 is 1.63 bits per heavy atom. The average molecular weight is 434 g/mol. The van der Waals surface area contributed by atoms with Gasteiger partial charge in [0.1, 0.15) is 0 Å². The van der Waals surface area contributed by atoms with Gasteiger partial charge in [0.05, 0.1) is 21.3 Å². The van der Waals surface area contributed by atoms with E-state index < -0.39 is 0 Å². The minimum absolute atomic E-state index is 0.285. The molecule has 150 valence electrons. The highest BCUT2D eigenvalue weighted by Crippen LogP contribution is 2.30. The number of nitrogens with zero attached hydrogens (tertiary/aromatic N) is 1. The van der Waals surface area contributed by atoms with Crippen LogP contribution in [0.4, 0.5) is 5.69 Å². The number of thioether (sulfide) groups is 1. The van der Waals surface area contributed by atoms with Crippen molar-refractivity contribution in [3.63, 3.8) is 0 Å². The van der Waals surface area contributed by atoms with Crippen molar-refractivity contribution in [3.8, 4) is 0 Å². The zero-order valence-corrected chi connectivity index (χ0v) is 17.8. The van der Waals surface area contributed by atoms with Gasteiger partial charge in [0.15, 0.2) is 4.34 Å². The molecule has 0 spiro atoms. The maximum atomic E-state index is 12.9. The molecule has 0 aliphatic heterocycles. The van der Waals surface area contributed by atoms with Crippen molar-refractivity contribution < 1.29 is 9.59 Å². The summed E-state index contributed by atoms with van der Waals surface area (Å²) in [7, 11) is 0. The van der Waals surface area contributed by atoms with E-state index in [1.807, 2.05) is 54.8 Å². The normalized spacial score (nSPS) is 10.7. The van der Waals surface area contributed by atoms with Crippen molar-refractivity contribution in [3.05, 3.63) is 89.5 Å². The fourth-order valence-electron chi connectivity index (χ4n) is 3.02. The SMILES string of the molecule is CSc1nc2ccc(NC(=O)c3ccccc3C(=O)NCc3ccccc3)cc2s1. The minimum atomic E-state index is -0.325. The molecule has 30 heavy (non-hydrogen) atoms. The highest BCUT2D eigenvalue weighted by Gasteiger charge is 2.17. The maximum Gasteiger partial charge on any atom is 0.256 e. The molecule has 0 radical (unpaired) electrons. The van der Waals surface area contributed by atoms with E-state index in [1.54, 1.807) is 47.4 Å². The van der Waals surface area contributed by atoms with Crippen molar-refractivity contribution in [1.29, 1.82) is 0 Å². The molecule has 0 atom stereocenters. The van der Waals surface area contributed by atoms with Gasteiger partial charge < -0.3 is 10.6 Å². The molecule has 1 heterocycles. The molecule has 0 saturated heterocycles. The van der Waals surface area contributed by atoms with Gasteiger partial charge in [0, 0.05) is 12.2 Å². The van der Waals surface area contributed by atoms with Gasteiger partial charge in [0.25, 0.3) is 11.8 Å². The lowest BCUT2D eigenvalue weighted by molar-refractivity contribution is 0.0938. The molecule has 5 nitrogen and oxygen atoms in total. The number of hydrogen-bond acceptors (Lipinski definition) is 5. The highest BCUT2D eigenvalue weighted by atomic mass is 32.2. The van der Waals surface area contributed by atoms with E-state index in [1.165, 1.54) is 0 Å². The molecule has 2 amide bonds. The van der Waals surface area contributed by atoms with Crippen LogP contribution in [0.2, 0.25) is 0 Å². The van der Waals surface area contributed by atoms with E-state index in [-0.39, 0.29) is 11.8 Å². The Balaban J connectivity index is 1.51. The first-order valence-corrected chi connectivity index (χ1v) is 11.4. The van der Waals surface area contributed by atoms with Gasteiger partial charge in [-0.25, -0.2) is 4.98 Å². The Morgan fingerprint density at radius 3 is 2.37 bits per heavy atom. The summed E-state index contributed by atoms with van der Waals surface area (Å²) in [6.07, 6.45) is 1.99. The lowest BCUT2D eigenvalue weighted by Crippen LogP contribution is -2.26. The number of carbonyl (C=O) groups excluding carboxylic acids is 2. The Kier molecular flexibility index (Phi) is 6.11. The molecule has 7 heteroatoms. The van der Waals surface area contributed by atoms with Crippen LogP contribution in [0, 0.1) is 0 Å². The summed E-state index contributed by atoms with van der Waals surface area (Å²) in [6, 6.07) is 22.1. The van der Waals surface area contributed by atoms with Crippen molar-refractivity contribution >= 4 is 50.8 Å². The predicted octanol–water partition coefficient (Wildman–Crippen LogP) is 5.20. The summed E-state index contributed by atoms with van der Waals surface area (Å²) in [5.74, 6) is -0.610. The second-order valence-corrected chi connectivity index (χ2v) is 8.62. The molecule has 4 aromatic rings. The monoisotopic (exact) mass is 433 g/mol. The summed E-state index contributed by atoms with van der Waals surface area (Å²) in [5, 5.41) is 5.78. The maximum absolute atomic E-state index is 12.9. The number of thiazole rings is 1. The number of aromatic nitrogens is 1.